The van der Waals surface area contributed by atoms with E-state index in [0.29, 0.717) is 0 Å². The summed E-state index contributed by atoms with van der Waals surface area (Å²) in [7, 11) is 2.23. The van der Waals surface area contributed by atoms with Gasteiger partial charge in [-0.15, -0.1) is 11.3 Å². The van der Waals surface area contributed by atoms with Gasteiger partial charge in [-0.2, -0.15) is 0 Å². The molecule has 1 saturated heterocycles. The quantitative estimate of drug-likeness (QED) is 0.776. The van der Waals surface area contributed by atoms with Crippen LogP contribution in [0.2, 0.25) is 0 Å². The maximum Gasteiger partial charge on any atom is 0.00772 e. The SMILES string of the molecule is CC1CC(c2cccs2)CCN1C.N. The molecule has 2 atom stereocenters. The van der Waals surface area contributed by atoms with E-state index in [4.69, 9.17) is 0 Å². The molecular weight excluding hydrogens is 192 g/mol. The van der Waals surface area contributed by atoms with Gasteiger partial charge >= 0.3 is 0 Å². The molecule has 3 N–H and O–H groups in total. The molecule has 2 heterocycles. The van der Waals surface area contributed by atoms with Gasteiger partial charge < -0.3 is 11.1 Å². The van der Waals surface area contributed by atoms with Crippen LogP contribution >= 0.6 is 11.3 Å². The summed E-state index contributed by atoms with van der Waals surface area (Å²) in [5, 5.41) is 2.19. The molecule has 0 saturated carbocycles. The van der Waals surface area contributed by atoms with E-state index in [1.807, 2.05) is 11.3 Å². The van der Waals surface area contributed by atoms with Gasteiger partial charge in [-0.3, -0.25) is 0 Å². The van der Waals surface area contributed by atoms with Gasteiger partial charge in [0.2, 0.25) is 0 Å². The lowest BCUT2D eigenvalue weighted by Crippen LogP contribution is -2.36. The van der Waals surface area contributed by atoms with Gasteiger partial charge in [0.25, 0.3) is 0 Å². The second-order valence-corrected chi connectivity index (χ2v) is 5.05. The lowest BCUT2D eigenvalue weighted by molar-refractivity contribution is 0.184. The van der Waals surface area contributed by atoms with Crippen LogP contribution in [0.15, 0.2) is 17.5 Å². The highest BCUT2D eigenvalue weighted by molar-refractivity contribution is 7.10. The van der Waals surface area contributed by atoms with Crippen LogP contribution in [0.3, 0.4) is 0 Å². The smallest absolute Gasteiger partial charge is 0.00772 e. The zero-order valence-electron chi connectivity index (χ0n) is 9.07. The molecule has 2 nitrogen and oxygen atoms in total. The first-order chi connectivity index (χ1) is 6.27. The first-order valence-electron chi connectivity index (χ1n) is 5.01. The minimum atomic E-state index is 0. The van der Waals surface area contributed by atoms with Crippen LogP contribution in [0.5, 0.6) is 0 Å². The lowest BCUT2D eigenvalue weighted by Gasteiger charge is -2.34. The third kappa shape index (κ3) is 2.35. The molecule has 0 aromatic carbocycles. The fourth-order valence-electron chi connectivity index (χ4n) is 2.07. The molecule has 1 aliphatic heterocycles. The minimum Gasteiger partial charge on any atom is -0.344 e. The van der Waals surface area contributed by atoms with E-state index in [9.17, 15) is 0 Å². The average Bonchev–Trinajstić information content (AvgIpc) is 2.62. The second kappa shape index (κ2) is 4.91. The Kier molecular flexibility index (Phi) is 4.11. The number of hydrogen-bond donors (Lipinski definition) is 1. The minimum absolute atomic E-state index is 0. The van der Waals surface area contributed by atoms with E-state index in [1.165, 1.54) is 19.4 Å². The summed E-state index contributed by atoms with van der Waals surface area (Å²) in [6, 6.07) is 5.21. The number of piperidine rings is 1. The van der Waals surface area contributed by atoms with E-state index >= 15 is 0 Å². The van der Waals surface area contributed by atoms with E-state index in [-0.39, 0.29) is 6.15 Å². The van der Waals surface area contributed by atoms with Gasteiger partial charge in [-0.05, 0) is 50.7 Å². The molecule has 1 fully saturated rings. The maximum atomic E-state index is 2.46. The number of rotatable bonds is 1. The standard InChI is InChI=1S/C11H17NS.H3N/c1-9-8-10(5-6-12(9)2)11-4-3-7-13-11;/h3-4,7,9-10H,5-6,8H2,1-2H3;1H3. The molecule has 14 heavy (non-hydrogen) atoms. The van der Waals surface area contributed by atoms with Gasteiger partial charge in [-0.25, -0.2) is 0 Å². The fraction of sp³-hybridized carbons (Fsp3) is 0.636. The molecular formula is C11H20N2S. The summed E-state index contributed by atoms with van der Waals surface area (Å²) >= 11 is 1.91. The molecule has 1 aromatic rings. The Balaban J connectivity index is 0.000000980. The largest absolute Gasteiger partial charge is 0.344 e. The highest BCUT2D eigenvalue weighted by Crippen LogP contribution is 2.33. The lowest BCUT2D eigenvalue weighted by atomic mass is 9.91. The maximum absolute atomic E-state index is 2.46. The molecule has 0 bridgehead atoms. The van der Waals surface area contributed by atoms with Crippen molar-refractivity contribution in [2.24, 2.45) is 0 Å². The molecule has 0 aliphatic carbocycles. The number of hydrogen-bond acceptors (Lipinski definition) is 3. The second-order valence-electron chi connectivity index (χ2n) is 4.07. The molecule has 0 radical (unpaired) electrons. The van der Waals surface area contributed by atoms with Crippen molar-refractivity contribution >= 4 is 11.3 Å². The van der Waals surface area contributed by atoms with Crippen molar-refractivity contribution in [1.29, 1.82) is 0 Å². The Labute approximate surface area is 90.5 Å². The number of nitrogens with zero attached hydrogens (tertiary/aromatic N) is 1. The van der Waals surface area contributed by atoms with Crippen molar-refractivity contribution in [3.05, 3.63) is 22.4 Å². The van der Waals surface area contributed by atoms with Crippen LogP contribution in [-0.4, -0.2) is 24.5 Å². The highest BCUT2D eigenvalue weighted by atomic mass is 32.1. The van der Waals surface area contributed by atoms with Gasteiger partial charge in [0.1, 0.15) is 0 Å². The molecule has 1 aromatic heterocycles. The predicted octanol–water partition coefficient (Wildman–Crippen LogP) is 3.11. The van der Waals surface area contributed by atoms with Crippen molar-refractivity contribution in [3.63, 3.8) is 0 Å². The third-order valence-electron chi connectivity index (χ3n) is 3.15. The van der Waals surface area contributed by atoms with Crippen molar-refractivity contribution in [3.8, 4) is 0 Å². The van der Waals surface area contributed by atoms with Gasteiger partial charge in [0, 0.05) is 10.9 Å². The Morgan fingerprint density at radius 1 is 1.50 bits per heavy atom. The Bertz CT molecular complexity index is 258. The summed E-state index contributed by atoms with van der Waals surface area (Å²) in [6.45, 7) is 3.59. The summed E-state index contributed by atoms with van der Waals surface area (Å²) in [5.41, 5.74) is 0. The average molecular weight is 212 g/mol. The van der Waals surface area contributed by atoms with Crippen molar-refractivity contribution < 1.29 is 0 Å². The van der Waals surface area contributed by atoms with Crippen molar-refractivity contribution in [1.82, 2.24) is 11.1 Å². The molecule has 0 spiro atoms. The Morgan fingerprint density at radius 2 is 2.29 bits per heavy atom. The molecule has 2 unspecified atom stereocenters. The van der Waals surface area contributed by atoms with Crippen LogP contribution in [-0.2, 0) is 0 Å². The zero-order chi connectivity index (χ0) is 9.26. The monoisotopic (exact) mass is 212 g/mol. The van der Waals surface area contributed by atoms with Gasteiger partial charge in [0.15, 0.2) is 0 Å². The fourth-order valence-corrected chi connectivity index (χ4v) is 2.95. The summed E-state index contributed by atoms with van der Waals surface area (Å²) in [4.78, 5) is 4.05. The van der Waals surface area contributed by atoms with Crippen molar-refractivity contribution in [2.45, 2.75) is 31.7 Å². The summed E-state index contributed by atoms with van der Waals surface area (Å²) < 4.78 is 0. The van der Waals surface area contributed by atoms with Gasteiger partial charge in [-0.1, -0.05) is 6.07 Å². The van der Waals surface area contributed by atoms with E-state index in [1.54, 1.807) is 4.88 Å². The van der Waals surface area contributed by atoms with E-state index in [2.05, 4.69) is 36.4 Å². The normalized spacial score (nSPS) is 28.4. The van der Waals surface area contributed by atoms with Crippen LogP contribution in [0.4, 0.5) is 0 Å². The number of thiophene rings is 1. The first kappa shape index (κ1) is 11.7. The molecule has 0 amide bonds. The molecule has 2 rings (SSSR count). The van der Waals surface area contributed by atoms with Crippen LogP contribution in [0.1, 0.15) is 30.6 Å². The highest BCUT2D eigenvalue weighted by Gasteiger charge is 2.24. The Morgan fingerprint density at radius 3 is 2.86 bits per heavy atom. The van der Waals surface area contributed by atoms with Crippen LogP contribution < -0.4 is 6.15 Å². The Hall–Kier alpha value is -0.380. The summed E-state index contributed by atoms with van der Waals surface area (Å²) in [6.07, 6.45) is 2.67. The van der Waals surface area contributed by atoms with Gasteiger partial charge in [0.05, 0.1) is 0 Å². The number of likely N-dealkylation sites (tertiary alicyclic amines) is 1. The van der Waals surface area contributed by atoms with E-state index in [0.717, 1.165) is 12.0 Å². The van der Waals surface area contributed by atoms with Crippen LogP contribution in [0.25, 0.3) is 0 Å². The van der Waals surface area contributed by atoms with Crippen LogP contribution in [0, 0.1) is 0 Å². The predicted molar refractivity (Wildman–Crippen MR) is 63.4 cm³/mol. The topological polar surface area (TPSA) is 38.2 Å². The zero-order valence-corrected chi connectivity index (χ0v) is 9.89. The molecule has 3 heteroatoms. The summed E-state index contributed by atoms with van der Waals surface area (Å²) in [5.74, 6) is 0.825. The molecule has 1 aliphatic rings. The first-order valence-corrected chi connectivity index (χ1v) is 5.89. The van der Waals surface area contributed by atoms with E-state index < -0.39 is 0 Å². The third-order valence-corrected chi connectivity index (χ3v) is 4.19. The van der Waals surface area contributed by atoms with Crippen molar-refractivity contribution in [2.75, 3.05) is 13.6 Å². The molecule has 80 valence electrons.